The third-order valence-corrected chi connectivity index (χ3v) is 5.17. The van der Waals surface area contributed by atoms with Crippen LogP contribution in [0.5, 0.6) is 0 Å². The summed E-state index contributed by atoms with van der Waals surface area (Å²) in [6, 6.07) is 15.0. The SMILES string of the molecule is CN(C)C1CCCCC1N(C)C(=O)c1ccc2ccccc2c1. The molecule has 0 aliphatic heterocycles. The van der Waals surface area contributed by atoms with Crippen LogP contribution in [0.2, 0.25) is 0 Å². The third kappa shape index (κ3) is 3.25. The standard InChI is InChI=1S/C20H26N2O/c1-21(2)18-10-6-7-11-19(18)22(3)20(23)17-13-12-15-8-4-5-9-16(15)14-17/h4-5,8-9,12-14,18-19H,6-7,10-11H2,1-3H3. The van der Waals surface area contributed by atoms with Gasteiger partial charge in [-0.2, -0.15) is 0 Å². The van der Waals surface area contributed by atoms with E-state index in [0.29, 0.717) is 12.1 Å². The van der Waals surface area contributed by atoms with Gasteiger partial charge in [0.2, 0.25) is 0 Å². The van der Waals surface area contributed by atoms with Crippen LogP contribution >= 0.6 is 0 Å². The van der Waals surface area contributed by atoms with Gasteiger partial charge in [-0.05, 0) is 49.8 Å². The number of fused-ring (bicyclic) bond motifs is 1. The number of hydrogen-bond acceptors (Lipinski definition) is 2. The largest absolute Gasteiger partial charge is 0.337 e. The van der Waals surface area contributed by atoms with Gasteiger partial charge in [0.05, 0.1) is 0 Å². The summed E-state index contributed by atoms with van der Waals surface area (Å²) >= 11 is 0. The van der Waals surface area contributed by atoms with Gasteiger partial charge in [0.1, 0.15) is 0 Å². The highest BCUT2D eigenvalue weighted by Crippen LogP contribution is 2.27. The van der Waals surface area contributed by atoms with E-state index in [-0.39, 0.29) is 5.91 Å². The average Bonchev–Trinajstić information content (AvgIpc) is 2.60. The molecule has 3 rings (SSSR count). The second kappa shape index (κ2) is 6.71. The number of hydrogen-bond donors (Lipinski definition) is 0. The highest BCUT2D eigenvalue weighted by Gasteiger charge is 2.32. The molecule has 23 heavy (non-hydrogen) atoms. The number of carbonyl (C=O) groups excluding carboxylic acids is 1. The molecule has 0 bridgehead atoms. The summed E-state index contributed by atoms with van der Waals surface area (Å²) in [5.41, 5.74) is 0.786. The first kappa shape index (κ1) is 16.0. The average molecular weight is 310 g/mol. The molecule has 0 N–H and O–H groups in total. The van der Waals surface area contributed by atoms with Crippen LogP contribution in [0.4, 0.5) is 0 Å². The van der Waals surface area contributed by atoms with Crippen molar-refractivity contribution in [1.29, 1.82) is 0 Å². The zero-order valence-corrected chi connectivity index (χ0v) is 14.3. The summed E-state index contributed by atoms with van der Waals surface area (Å²) in [6.07, 6.45) is 4.74. The number of benzene rings is 2. The van der Waals surface area contributed by atoms with Gasteiger partial charge >= 0.3 is 0 Å². The van der Waals surface area contributed by atoms with Crippen molar-refractivity contribution in [3.05, 3.63) is 48.0 Å². The number of likely N-dealkylation sites (N-methyl/N-ethyl adjacent to an activating group) is 2. The molecule has 3 heteroatoms. The summed E-state index contributed by atoms with van der Waals surface area (Å²) in [5.74, 6) is 0.134. The molecule has 0 saturated heterocycles. The number of nitrogens with zero attached hydrogens (tertiary/aromatic N) is 2. The predicted octanol–water partition coefficient (Wildman–Crippen LogP) is 3.78. The minimum absolute atomic E-state index is 0.134. The Morgan fingerprint density at radius 2 is 1.57 bits per heavy atom. The lowest BCUT2D eigenvalue weighted by atomic mass is 9.88. The van der Waals surface area contributed by atoms with E-state index < -0.39 is 0 Å². The Balaban J connectivity index is 1.85. The van der Waals surface area contributed by atoms with Gasteiger partial charge < -0.3 is 9.80 Å². The Labute approximate surface area is 138 Å². The van der Waals surface area contributed by atoms with Crippen molar-refractivity contribution in [2.45, 2.75) is 37.8 Å². The quantitative estimate of drug-likeness (QED) is 0.861. The van der Waals surface area contributed by atoms with Gasteiger partial charge in [0, 0.05) is 24.7 Å². The maximum Gasteiger partial charge on any atom is 0.253 e. The van der Waals surface area contributed by atoms with Crippen LogP contribution in [0, 0.1) is 0 Å². The summed E-state index contributed by atoms with van der Waals surface area (Å²) < 4.78 is 0. The van der Waals surface area contributed by atoms with Crippen molar-refractivity contribution in [2.75, 3.05) is 21.1 Å². The van der Waals surface area contributed by atoms with E-state index in [2.05, 4.69) is 31.1 Å². The zero-order chi connectivity index (χ0) is 16.4. The summed E-state index contributed by atoms with van der Waals surface area (Å²) in [6.45, 7) is 0. The summed E-state index contributed by atoms with van der Waals surface area (Å²) in [5, 5.41) is 2.30. The van der Waals surface area contributed by atoms with Crippen LogP contribution in [-0.2, 0) is 0 Å². The first-order valence-electron chi connectivity index (χ1n) is 8.50. The molecule has 1 fully saturated rings. The molecule has 1 amide bonds. The first-order valence-corrected chi connectivity index (χ1v) is 8.50. The molecule has 1 aliphatic rings. The number of amides is 1. The molecule has 0 spiro atoms. The Morgan fingerprint density at radius 3 is 2.26 bits per heavy atom. The Morgan fingerprint density at radius 1 is 0.913 bits per heavy atom. The van der Waals surface area contributed by atoms with Crippen LogP contribution < -0.4 is 0 Å². The van der Waals surface area contributed by atoms with E-state index in [1.807, 2.05) is 42.3 Å². The maximum absolute atomic E-state index is 13.0. The van der Waals surface area contributed by atoms with E-state index in [0.717, 1.165) is 17.4 Å². The Hall–Kier alpha value is -1.87. The molecule has 3 nitrogen and oxygen atoms in total. The highest BCUT2D eigenvalue weighted by atomic mass is 16.2. The van der Waals surface area contributed by atoms with E-state index in [1.54, 1.807) is 0 Å². The molecular weight excluding hydrogens is 284 g/mol. The molecule has 1 saturated carbocycles. The fraction of sp³-hybridized carbons (Fsp3) is 0.450. The zero-order valence-electron chi connectivity index (χ0n) is 14.3. The molecule has 0 heterocycles. The van der Waals surface area contributed by atoms with Crippen LogP contribution in [-0.4, -0.2) is 48.9 Å². The second-order valence-corrected chi connectivity index (χ2v) is 6.86. The molecule has 0 aromatic heterocycles. The van der Waals surface area contributed by atoms with Gasteiger partial charge in [-0.25, -0.2) is 0 Å². The fourth-order valence-corrected chi connectivity index (χ4v) is 3.82. The monoisotopic (exact) mass is 310 g/mol. The maximum atomic E-state index is 13.0. The van der Waals surface area contributed by atoms with Crippen molar-refractivity contribution in [1.82, 2.24) is 9.80 Å². The summed E-state index contributed by atoms with van der Waals surface area (Å²) in [4.78, 5) is 17.2. The first-order chi connectivity index (χ1) is 11.1. The van der Waals surface area contributed by atoms with Crippen LogP contribution in [0.3, 0.4) is 0 Å². The molecule has 1 aliphatic carbocycles. The van der Waals surface area contributed by atoms with Gasteiger partial charge in [-0.15, -0.1) is 0 Å². The predicted molar refractivity (Wildman–Crippen MR) is 95.8 cm³/mol. The van der Waals surface area contributed by atoms with Gasteiger partial charge in [-0.1, -0.05) is 43.2 Å². The van der Waals surface area contributed by atoms with Crippen LogP contribution in [0.1, 0.15) is 36.0 Å². The minimum Gasteiger partial charge on any atom is -0.337 e. The number of rotatable bonds is 3. The van der Waals surface area contributed by atoms with Crippen molar-refractivity contribution in [2.24, 2.45) is 0 Å². The Bertz CT molecular complexity index is 695. The molecule has 2 unspecified atom stereocenters. The molecule has 2 atom stereocenters. The lowest BCUT2D eigenvalue weighted by Crippen LogP contribution is -2.51. The normalized spacial score (nSPS) is 21.6. The van der Waals surface area contributed by atoms with E-state index in [1.165, 1.54) is 24.6 Å². The van der Waals surface area contributed by atoms with Gasteiger partial charge in [0.15, 0.2) is 0 Å². The van der Waals surface area contributed by atoms with E-state index in [9.17, 15) is 4.79 Å². The van der Waals surface area contributed by atoms with Crippen molar-refractivity contribution >= 4 is 16.7 Å². The van der Waals surface area contributed by atoms with Gasteiger partial charge in [0.25, 0.3) is 5.91 Å². The van der Waals surface area contributed by atoms with Crippen LogP contribution in [0.25, 0.3) is 10.8 Å². The number of carbonyl (C=O) groups is 1. The minimum atomic E-state index is 0.134. The topological polar surface area (TPSA) is 23.6 Å². The van der Waals surface area contributed by atoms with Crippen LogP contribution in [0.15, 0.2) is 42.5 Å². The molecule has 2 aromatic carbocycles. The lowest BCUT2D eigenvalue weighted by Gasteiger charge is -2.41. The molecule has 2 aromatic rings. The van der Waals surface area contributed by atoms with Crippen molar-refractivity contribution < 1.29 is 4.79 Å². The molecule has 0 radical (unpaired) electrons. The lowest BCUT2D eigenvalue weighted by molar-refractivity contribution is 0.0545. The van der Waals surface area contributed by atoms with Gasteiger partial charge in [-0.3, -0.25) is 4.79 Å². The van der Waals surface area contributed by atoms with E-state index in [4.69, 9.17) is 0 Å². The Kier molecular flexibility index (Phi) is 4.67. The van der Waals surface area contributed by atoms with Crippen molar-refractivity contribution in [3.8, 4) is 0 Å². The smallest absolute Gasteiger partial charge is 0.253 e. The highest BCUT2D eigenvalue weighted by molar-refractivity contribution is 5.98. The van der Waals surface area contributed by atoms with E-state index >= 15 is 0 Å². The summed E-state index contributed by atoms with van der Waals surface area (Å²) in [7, 11) is 6.21. The third-order valence-electron chi connectivity index (χ3n) is 5.17. The fourth-order valence-electron chi connectivity index (χ4n) is 3.82. The second-order valence-electron chi connectivity index (χ2n) is 6.86. The van der Waals surface area contributed by atoms with Crippen molar-refractivity contribution in [3.63, 3.8) is 0 Å². The molecular formula is C20H26N2O. The molecule has 122 valence electrons.